The summed E-state index contributed by atoms with van der Waals surface area (Å²) in [5, 5.41) is 3.42. The number of nitrogens with one attached hydrogen (secondary N) is 1. The van der Waals surface area contributed by atoms with Crippen molar-refractivity contribution in [1.29, 1.82) is 0 Å². The maximum atomic E-state index is 13.9. The van der Waals surface area contributed by atoms with E-state index in [0.29, 0.717) is 0 Å². The quantitative estimate of drug-likeness (QED) is 0.915. The number of rotatable bonds is 5. The Labute approximate surface area is 142 Å². The van der Waals surface area contributed by atoms with E-state index in [4.69, 9.17) is 4.74 Å². The lowest BCUT2D eigenvalue weighted by Crippen LogP contribution is -2.34. The Kier molecular flexibility index (Phi) is 5.77. The monoisotopic (exact) mass is 329 g/mol. The van der Waals surface area contributed by atoms with Crippen LogP contribution in [0.1, 0.15) is 23.7 Å². The molecule has 2 aromatic rings. The summed E-state index contributed by atoms with van der Waals surface area (Å²) in [6, 6.07) is 10.7. The largest absolute Gasteiger partial charge is 0.496 e. The van der Waals surface area contributed by atoms with E-state index in [0.717, 1.165) is 56.0 Å². The van der Waals surface area contributed by atoms with Crippen molar-refractivity contribution in [3.63, 3.8) is 0 Å². The molecule has 1 fully saturated rings. The molecule has 3 rings (SSSR count). The third-order valence-electron chi connectivity index (χ3n) is 4.49. The Hall–Kier alpha value is -1.98. The molecule has 4 nitrogen and oxygen atoms in total. The summed E-state index contributed by atoms with van der Waals surface area (Å²) in [4.78, 5) is 6.87. The van der Waals surface area contributed by atoms with E-state index in [1.165, 1.54) is 6.07 Å². The maximum absolute atomic E-state index is 13.9. The highest BCUT2D eigenvalue weighted by atomic mass is 19.1. The van der Waals surface area contributed by atoms with Gasteiger partial charge in [0.15, 0.2) is 0 Å². The fourth-order valence-electron chi connectivity index (χ4n) is 3.30. The average Bonchev–Trinajstić information content (AvgIpc) is 2.90. The molecule has 24 heavy (non-hydrogen) atoms. The number of methoxy groups -OCH3 is 1. The number of ether oxygens (including phenoxy) is 1. The van der Waals surface area contributed by atoms with Gasteiger partial charge in [0.2, 0.25) is 0 Å². The first kappa shape index (κ1) is 16.9. The molecule has 1 aromatic carbocycles. The van der Waals surface area contributed by atoms with E-state index in [-0.39, 0.29) is 11.9 Å². The molecule has 0 aliphatic carbocycles. The van der Waals surface area contributed by atoms with Gasteiger partial charge in [-0.15, -0.1) is 0 Å². The third-order valence-corrected chi connectivity index (χ3v) is 4.49. The summed E-state index contributed by atoms with van der Waals surface area (Å²) in [5.74, 6) is 0.499. The van der Waals surface area contributed by atoms with Gasteiger partial charge in [0.25, 0.3) is 0 Å². The molecule has 0 saturated carbocycles. The Morgan fingerprint density at radius 3 is 2.96 bits per heavy atom. The minimum atomic E-state index is -0.232. The first-order chi connectivity index (χ1) is 11.8. The maximum Gasteiger partial charge on any atom is 0.123 e. The van der Waals surface area contributed by atoms with Crippen LogP contribution in [0.5, 0.6) is 5.75 Å². The van der Waals surface area contributed by atoms with Crippen molar-refractivity contribution >= 4 is 0 Å². The number of pyridine rings is 1. The second-order valence-corrected chi connectivity index (χ2v) is 6.07. The molecule has 1 aliphatic heterocycles. The van der Waals surface area contributed by atoms with E-state index in [1.807, 2.05) is 18.2 Å². The molecule has 0 amide bonds. The third kappa shape index (κ3) is 4.10. The molecule has 1 N–H and O–H groups in total. The normalized spacial score (nSPS) is 17.2. The van der Waals surface area contributed by atoms with Gasteiger partial charge < -0.3 is 10.1 Å². The second-order valence-electron chi connectivity index (χ2n) is 6.07. The van der Waals surface area contributed by atoms with Crippen LogP contribution in [0.2, 0.25) is 0 Å². The zero-order valence-corrected chi connectivity index (χ0v) is 14.0. The molecule has 0 bridgehead atoms. The van der Waals surface area contributed by atoms with E-state index in [9.17, 15) is 4.39 Å². The number of nitrogens with zero attached hydrogens (tertiary/aromatic N) is 2. The molecule has 2 heterocycles. The molecule has 1 atom stereocenters. The molecule has 128 valence electrons. The van der Waals surface area contributed by atoms with Crippen LogP contribution < -0.4 is 10.1 Å². The van der Waals surface area contributed by atoms with Gasteiger partial charge in [0.1, 0.15) is 11.6 Å². The van der Waals surface area contributed by atoms with E-state index in [2.05, 4.69) is 15.2 Å². The SMILES string of the molecule is COc1ccc(F)cc1C(Cc1ccccn1)N1CCCNCC1. The molecule has 1 unspecified atom stereocenters. The molecular formula is C19H24FN3O. The highest BCUT2D eigenvalue weighted by molar-refractivity contribution is 5.37. The Bertz CT molecular complexity index is 642. The van der Waals surface area contributed by atoms with Crippen LogP contribution in [0.3, 0.4) is 0 Å². The summed E-state index contributed by atoms with van der Waals surface area (Å²) in [5.41, 5.74) is 1.90. The Morgan fingerprint density at radius 1 is 1.25 bits per heavy atom. The number of aromatic nitrogens is 1. The molecule has 5 heteroatoms. The van der Waals surface area contributed by atoms with E-state index < -0.39 is 0 Å². The van der Waals surface area contributed by atoms with Crippen LogP contribution in [-0.4, -0.2) is 43.2 Å². The predicted octanol–water partition coefficient (Wildman–Crippen LogP) is 2.81. The van der Waals surface area contributed by atoms with Crippen LogP contribution in [0.15, 0.2) is 42.6 Å². The van der Waals surface area contributed by atoms with Crippen molar-refractivity contribution in [1.82, 2.24) is 15.2 Å². The number of halogens is 1. The minimum absolute atomic E-state index is 0.0467. The average molecular weight is 329 g/mol. The van der Waals surface area contributed by atoms with Crippen LogP contribution in [0.25, 0.3) is 0 Å². The van der Waals surface area contributed by atoms with Gasteiger partial charge in [-0.05, 0) is 43.3 Å². The summed E-state index contributed by atoms with van der Waals surface area (Å²) >= 11 is 0. The van der Waals surface area contributed by atoms with Crippen molar-refractivity contribution in [2.45, 2.75) is 18.9 Å². The smallest absolute Gasteiger partial charge is 0.123 e. The summed E-state index contributed by atoms with van der Waals surface area (Å²) in [7, 11) is 1.64. The van der Waals surface area contributed by atoms with Gasteiger partial charge in [-0.3, -0.25) is 9.88 Å². The first-order valence-corrected chi connectivity index (χ1v) is 8.46. The molecule has 0 spiro atoms. The first-order valence-electron chi connectivity index (χ1n) is 8.46. The lowest BCUT2D eigenvalue weighted by atomic mass is 9.98. The van der Waals surface area contributed by atoms with E-state index >= 15 is 0 Å². The van der Waals surface area contributed by atoms with Crippen molar-refractivity contribution in [2.75, 3.05) is 33.3 Å². The van der Waals surface area contributed by atoms with E-state index in [1.54, 1.807) is 25.4 Å². The van der Waals surface area contributed by atoms with Gasteiger partial charge in [0.05, 0.1) is 7.11 Å². The lowest BCUT2D eigenvalue weighted by Gasteiger charge is -2.31. The summed E-state index contributed by atoms with van der Waals surface area (Å²) in [6.07, 6.45) is 3.62. The number of hydrogen-bond donors (Lipinski definition) is 1. The zero-order valence-electron chi connectivity index (χ0n) is 14.0. The van der Waals surface area contributed by atoms with Crippen molar-refractivity contribution in [2.24, 2.45) is 0 Å². The van der Waals surface area contributed by atoms with Crippen molar-refractivity contribution in [3.8, 4) is 5.75 Å². The van der Waals surface area contributed by atoms with Crippen LogP contribution >= 0.6 is 0 Å². The van der Waals surface area contributed by atoms with Gasteiger partial charge in [-0.2, -0.15) is 0 Å². The van der Waals surface area contributed by atoms with Crippen LogP contribution in [0.4, 0.5) is 4.39 Å². The molecule has 1 aliphatic rings. The van der Waals surface area contributed by atoms with Crippen molar-refractivity contribution in [3.05, 3.63) is 59.7 Å². The topological polar surface area (TPSA) is 37.4 Å². The highest BCUT2D eigenvalue weighted by Gasteiger charge is 2.25. The lowest BCUT2D eigenvalue weighted by molar-refractivity contribution is 0.203. The van der Waals surface area contributed by atoms with Gasteiger partial charge in [-0.1, -0.05) is 6.07 Å². The Balaban J connectivity index is 1.96. The Morgan fingerprint density at radius 2 is 2.17 bits per heavy atom. The fourth-order valence-corrected chi connectivity index (χ4v) is 3.30. The van der Waals surface area contributed by atoms with Crippen LogP contribution in [-0.2, 0) is 6.42 Å². The summed E-state index contributed by atoms with van der Waals surface area (Å²) < 4.78 is 19.4. The minimum Gasteiger partial charge on any atom is -0.496 e. The molecule has 0 radical (unpaired) electrons. The molecule has 1 aromatic heterocycles. The van der Waals surface area contributed by atoms with Crippen LogP contribution in [0, 0.1) is 5.82 Å². The van der Waals surface area contributed by atoms with Gasteiger partial charge in [0, 0.05) is 49.6 Å². The van der Waals surface area contributed by atoms with Gasteiger partial charge >= 0.3 is 0 Å². The zero-order chi connectivity index (χ0) is 16.8. The fraction of sp³-hybridized carbons (Fsp3) is 0.421. The predicted molar refractivity (Wildman–Crippen MR) is 92.7 cm³/mol. The number of benzene rings is 1. The molecule has 1 saturated heterocycles. The summed E-state index contributed by atoms with van der Waals surface area (Å²) in [6.45, 7) is 3.87. The van der Waals surface area contributed by atoms with Crippen molar-refractivity contribution < 1.29 is 9.13 Å². The second kappa shape index (κ2) is 8.22. The highest BCUT2D eigenvalue weighted by Crippen LogP contribution is 2.32. The molecular weight excluding hydrogens is 305 g/mol. The van der Waals surface area contributed by atoms with Gasteiger partial charge in [-0.25, -0.2) is 4.39 Å². The number of hydrogen-bond acceptors (Lipinski definition) is 4. The standard InChI is InChI=1S/C19H24FN3O/c1-24-19-7-6-15(20)13-17(19)18(14-16-5-2-3-9-22-16)23-11-4-8-21-10-12-23/h2-3,5-7,9,13,18,21H,4,8,10-12,14H2,1H3.